The molecule has 1 spiro atoms. The van der Waals surface area contributed by atoms with Gasteiger partial charge in [0.1, 0.15) is 0 Å². The van der Waals surface area contributed by atoms with Gasteiger partial charge in [0, 0.05) is 51.5 Å². The van der Waals surface area contributed by atoms with Crippen molar-refractivity contribution < 1.29 is 18.3 Å². The molecule has 4 rings (SSSR count). The number of ether oxygens (including phenoxy) is 1. The highest BCUT2D eigenvalue weighted by atomic mass is 19.3. The number of hydrogen-bond donors (Lipinski definition) is 1. The Hall–Kier alpha value is -1.53. The van der Waals surface area contributed by atoms with Gasteiger partial charge in [-0.15, -0.1) is 0 Å². The molecular formula is C21H28F2N2O2. The Morgan fingerprint density at radius 3 is 2.81 bits per heavy atom. The van der Waals surface area contributed by atoms with Gasteiger partial charge in [-0.1, -0.05) is 29.8 Å². The Morgan fingerprint density at radius 1 is 1.33 bits per heavy atom. The van der Waals surface area contributed by atoms with E-state index in [9.17, 15) is 13.6 Å². The summed E-state index contributed by atoms with van der Waals surface area (Å²) in [7, 11) is 0. The van der Waals surface area contributed by atoms with E-state index in [2.05, 4.69) is 41.4 Å². The van der Waals surface area contributed by atoms with Gasteiger partial charge in [0.15, 0.2) is 0 Å². The van der Waals surface area contributed by atoms with E-state index in [0.717, 1.165) is 39.1 Å². The molecule has 0 aromatic heterocycles. The number of halogens is 2. The van der Waals surface area contributed by atoms with Crippen molar-refractivity contribution in [2.45, 2.75) is 50.7 Å². The summed E-state index contributed by atoms with van der Waals surface area (Å²) in [6, 6.07) is 8.58. The molecule has 6 heteroatoms. The fraction of sp³-hybridized carbons (Fsp3) is 0.667. The van der Waals surface area contributed by atoms with Gasteiger partial charge in [-0.05, 0) is 31.2 Å². The molecule has 3 aliphatic rings. The molecule has 0 bridgehead atoms. The first-order valence-electron chi connectivity index (χ1n) is 9.93. The van der Waals surface area contributed by atoms with Gasteiger partial charge in [0.2, 0.25) is 11.8 Å². The van der Waals surface area contributed by atoms with Crippen molar-refractivity contribution in [3.8, 4) is 0 Å². The number of rotatable bonds is 6. The maximum atomic E-state index is 12.9. The molecule has 2 saturated heterocycles. The summed E-state index contributed by atoms with van der Waals surface area (Å²) in [5, 5.41) is 2.85. The lowest BCUT2D eigenvalue weighted by Gasteiger charge is -2.50. The fourth-order valence-corrected chi connectivity index (χ4v) is 4.79. The quantitative estimate of drug-likeness (QED) is 0.827. The topological polar surface area (TPSA) is 41.6 Å². The van der Waals surface area contributed by atoms with Crippen LogP contribution < -0.4 is 5.32 Å². The largest absolute Gasteiger partial charge is 0.372 e. The smallest absolute Gasteiger partial charge is 0.249 e. The van der Waals surface area contributed by atoms with Crippen molar-refractivity contribution in [2.75, 3.05) is 26.2 Å². The van der Waals surface area contributed by atoms with Gasteiger partial charge < -0.3 is 10.1 Å². The molecule has 2 heterocycles. The molecule has 4 nitrogen and oxygen atoms in total. The van der Waals surface area contributed by atoms with Crippen LogP contribution in [0.5, 0.6) is 0 Å². The third-order valence-electron chi connectivity index (χ3n) is 6.32. The SMILES string of the molecule is Cc1cccc(CN2CC3(C2)OCC[C@H]3CCNC(=O)C2CC(F)(F)C2)c1. The van der Waals surface area contributed by atoms with Crippen LogP contribution in [-0.4, -0.2) is 48.6 Å². The van der Waals surface area contributed by atoms with E-state index in [1.54, 1.807) is 0 Å². The fourth-order valence-electron chi connectivity index (χ4n) is 4.79. The van der Waals surface area contributed by atoms with E-state index in [4.69, 9.17) is 4.74 Å². The Morgan fingerprint density at radius 2 is 2.11 bits per heavy atom. The van der Waals surface area contributed by atoms with Gasteiger partial charge in [0.05, 0.1) is 5.60 Å². The molecule has 3 fully saturated rings. The molecule has 148 valence electrons. The number of nitrogens with one attached hydrogen (secondary N) is 1. The zero-order valence-electron chi connectivity index (χ0n) is 15.8. The van der Waals surface area contributed by atoms with E-state index in [1.165, 1.54) is 11.1 Å². The summed E-state index contributed by atoms with van der Waals surface area (Å²) >= 11 is 0. The van der Waals surface area contributed by atoms with Crippen molar-refractivity contribution >= 4 is 5.91 Å². The molecule has 1 atom stereocenters. The summed E-state index contributed by atoms with van der Waals surface area (Å²) in [6.07, 6.45) is 1.26. The van der Waals surface area contributed by atoms with E-state index in [-0.39, 0.29) is 24.3 Å². The molecule has 1 aliphatic carbocycles. The summed E-state index contributed by atoms with van der Waals surface area (Å²) in [5.74, 6) is -2.95. The molecule has 1 amide bonds. The van der Waals surface area contributed by atoms with Gasteiger partial charge in [0.25, 0.3) is 0 Å². The highest BCUT2D eigenvalue weighted by Crippen LogP contribution is 2.43. The zero-order chi connectivity index (χ0) is 19.1. The second kappa shape index (κ2) is 7.13. The minimum atomic E-state index is -2.64. The van der Waals surface area contributed by atoms with Crippen LogP contribution in [0.25, 0.3) is 0 Å². The van der Waals surface area contributed by atoms with E-state index in [0.29, 0.717) is 12.5 Å². The van der Waals surface area contributed by atoms with Gasteiger partial charge in [-0.25, -0.2) is 8.78 Å². The first-order valence-corrected chi connectivity index (χ1v) is 9.93. The van der Waals surface area contributed by atoms with Crippen LogP contribution in [0.4, 0.5) is 8.78 Å². The van der Waals surface area contributed by atoms with Gasteiger partial charge in [-0.2, -0.15) is 0 Å². The number of alkyl halides is 2. The van der Waals surface area contributed by atoms with E-state index >= 15 is 0 Å². The third kappa shape index (κ3) is 4.02. The van der Waals surface area contributed by atoms with Crippen molar-refractivity contribution in [1.82, 2.24) is 10.2 Å². The molecule has 1 aromatic rings. The van der Waals surface area contributed by atoms with Crippen molar-refractivity contribution in [1.29, 1.82) is 0 Å². The molecular weight excluding hydrogens is 350 g/mol. The minimum absolute atomic E-state index is 0.0853. The van der Waals surface area contributed by atoms with Crippen LogP contribution >= 0.6 is 0 Å². The first-order chi connectivity index (χ1) is 12.9. The van der Waals surface area contributed by atoms with Crippen LogP contribution in [0, 0.1) is 18.8 Å². The number of benzene rings is 1. The molecule has 2 aliphatic heterocycles. The summed E-state index contributed by atoms with van der Waals surface area (Å²) in [6.45, 7) is 6.21. The van der Waals surface area contributed by atoms with Crippen LogP contribution in [0.2, 0.25) is 0 Å². The Labute approximate surface area is 159 Å². The molecule has 1 saturated carbocycles. The third-order valence-corrected chi connectivity index (χ3v) is 6.32. The Balaban J connectivity index is 1.21. The maximum absolute atomic E-state index is 12.9. The van der Waals surface area contributed by atoms with Crippen molar-refractivity contribution in [3.05, 3.63) is 35.4 Å². The van der Waals surface area contributed by atoms with Crippen LogP contribution in [0.1, 0.15) is 36.8 Å². The van der Waals surface area contributed by atoms with Crippen molar-refractivity contribution in [2.24, 2.45) is 11.8 Å². The molecule has 27 heavy (non-hydrogen) atoms. The number of hydrogen-bond acceptors (Lipinski definition) is 3. The average Bonchev–Trinajstić information content (AvgIpc) is 2.96. The lowest BCUT2D eigenvalue weighted by atomic mass is 9.78. The number of carbonyl (C=O) groups is 1. The lowest BCUT2D eigenvalue weighted by Crippen LogP contribution is -2.64. The highest BCUT2D eigenvalue weighted by Gasteiger charge is 2.52. The van der Waals surface area contributed by atoms with Crippen LogP contribution in [0.3, 0.4) is 0 Å². The Bertz CT molecular complexity index is 695. The summed E-state index contributed by atoms with van der Waals surface area (Å²) in [5.41, 5.74) is 2.51. The lowest BCUT2D eigenvalue weighted by molar-refractivity contribution is -0.150. The number of aryl methyl sites for hydroxylation is 1. The normalized spacial score (nSPS) is 26.6. The Kier molecular flexibility index (Phi) is 4.97. The first kappa shape index (κ1) is 18.8. The number of carbonyl (C=O) groups excluding carboxylic acids is 1. The molecule has 0 radical (unpaired) electrons. The van der Waals surface area contributed by atoms with Crippen LogP contribution in [-0.2, 0) is 16.1 Å². The summed E-state index contributed by atoms with van der Waals surface area (Å²) < 4.78 is 31.9. The maximum Gasteiger partial charge on any atom is 0.249 e. The minimum Gasteiger partial charge on any atom is -0.372 e. The number of amides is 1. The van der Waals surface area contributed by atoms with E-state index < -0.39 is 11.8 Å². The van der Waals surface area contributed by atoms with Crippen molar-refractivity contribution in [3.63, 3.8) is 0 Å². The highest BCUT2D eigenvalue weighted by molar-refractivity contribution is 5.79. The monoisotopic (exact) mass is 378 g/mol. The molecule has 1 aromatic carbocycles. The van der Waals surface area contributed by atoms with Gasteiger partial charge in [-0.3, -0.25) is 9.69 Å². The molecule has 1 N–H and O–H groups in total. The zero-order valence-corrected chi connectivity index (χ0v) is 15.8. The predicted octanol–water partition coefficient (Wildman–Crippen LogP) is 3.14. The predicted molar refractivity (Wildman–Crippen MR) is 98.5 cm³/mol. The summed E-state index contributed by atoms with van der Waals surface area (Å²) in [4.78, 5) is 14.3. The van der Waals surface area contributed by atoms with Gasteiger partial charge >= 0.3 is 0 Å². The standard InChI is InChI=1S/C21H28F2N2O2/c1-15-3-2-4-16(9-15)12-25-13-20(14-25)18(6-8-27-20)5-7-24-19(26)17-10-21(22,23)11-17/h2-4,9,17-18H,5-8,10-14H2,1H3,(H,24,26)/t18-/m1/s1. The van der Waals surface area contributed by atoms with E-state index in [1.807, 2.05) is 0 Å². The second-order valence-electron chi connectivity index (χ2n) is 8.57. The number of likely N-dealkylation sites (tertiary alicyclic amines) is 1. The second-order valence-corrected chi connectivity index (χ2v) is 8.57. The van der Waals surface area contributed by atoms with Crippen LogP contribution in [0.15, 0.2) is 24.3 Å². The number of nitrogens with zero attached hydrogens (tertiary/aromatic N) is 1. The average molecular weight is 378 g/mol. The molecule has 0 unspecified atom stereocenters.